The molecule has 2 aromatic rings. The molecule has 2 unspecified atom stereocenters. The highest BCUT2D eigenvalue weighted by atomic mass is 16.6. The first-order valence-electron chi connectivity index (χ1n) is 10.2. The van der Waals surface area contributed by atoms with Crippen LogP contribution in [0.15, 0.2) is 30.3 Å². The maximum atomic E-state index is 13.4. The summed E-state index contributed by atoms with van der Waals surface area (Å²) in [6.07, 6.45) is -2.58. The summed E-state index contributed by atoms with van der Waals surface area (Å²) in [7, 11) is 0. The Balaban J connectivity index is 2.14. The van der Waals surface area contributed by atoms with E-state index in [1.54, 1.807) is 13.0 Å². The van der Waals surface area contributed by atoms with Gasteiger partial charge in [-0.1, -0.05) is 6.07 Å². The number of hydrogen-bond donors (Lipinski definition) is 0. The van der Waals surface area contributed by atoms with Crippen LogP contribution in [-0.4, -0.2) is 35.8 Å². The highest BCUT2D eigenvalue weighted by Gasteiger charge is 2.43. The third-order valence-electron chi connectivity index (χ3n) is 4.59. The van der Waals surface area contributed by atoms with E-state index in [9.17, 15) is 24.0 Å². The predicted octanol–water partition coefficient (Wildman–Crippen LogP) is 3.02. The van der Waals surface area contributed by atoms with Crippen molar-refractivity contribution in [2.24, 2.45) is 0 Å². The Hall–Kier alpha value is -4.21. The van der Waals surface area contributed by atoms with Crippen LogP contribution in [0.25, 0.3) is 0 Å². The molecule has 1 heterocycles. The molecule has 0 spiro atoms. The monoisotopic (exact) mass is 470 g/mol. The zero-order valence-corrected chi connectivity index (χ0v) is 19.1. The summed E-state index contributed by atoms with van der Waals surface area (Å²) in [6, 6.07) is 7.27. The lowest BCUT2D eigenvalue weighted by Crippen LogP contribution is -2.40. The fourth-order valence-corrected chi connectivity index (χ4v) is 3.48. The highest BCUT2D eigenvalue weighted by molar-refractivity contribution is 6.07. The Bertz CT molecular complexity index is 1200. The van der Waals surface area contributed by atoms with Crippen LogP contribution < -0.4 is 18.9 Å². The average molecular weight is 470 g/mol. The molecule has 0 N–H and O–H groups in total. The Labute approximate surface area is 194 Å². The summed E-state index contributed by atoms with van der Waals surface area (Å²) >= 11 is 0. The number of ether oxygens (including phenoxy) is 5. The molecule has 0 radical (unpaired) electrons. The number of carbonyl (C=O) groups is 5. The number of benzene rings is 2. The van der Waals surface area contributed by atoms with Crippen LogP contribution in [0.3, 0.4) is 0 Å². The zero-order valence-electron chi connectivity index (χ0n) is 19.1. The molecule has 0 saturated carbocycles. The van der Waals surface area contributed by atoms with Crippen LogP contribution in [0.5, 0.6) is 23.0 Å². The lowest BCUT2D eigenvalue weighted by atomic mass is 9.91. The number of aryl methyl sites for hydroxylation is 1. The van der Waals surface area contributed by atoms with E-state index in [2.05, 4.69) is 0 Å². The SMILES string of the molecule is CC(=O)Oc1ccc(C2Oc3cc(C)cc(OC(C)=O)c3C(=O)C2OC(C)=O)cc1OC(C)=O. The Morgan fingerprint density at radius 1 is 0.765 bits per heavy atom. The number of hydrogen-bond acceptors (Lipinski definition) is 10. The summed E-state index contributed by atoms with van der Waals surface area (Å²) in [5, 5.41) is 0. The van der Waals surface area contributed by atoms with Gasteiger partial charge in [0.2, 0.25) is 11.9 Å². The lowest BCUT2D eigenvalue weighted by molar-refractivity contribution is -0.149. The number of Topliss-reactive ketones (excluding diaryl/α,β-unsaturated/α-hetero) is 1. The first kappa shape index (κ1) is 24.4. The van der Waals surface area contributed by atoms with E-state index in [-0.39, 0.29) is 28.6 Å². The van der Waals surface area contributed by atoms with E-state index in [0.29, 0.717) is 11.1 Å². The van der Waals surface area contributed by atoms with Crippen LogP contribution >= 0.6 is 0 Å². The normalized spacial score (nSPS) is 16.6. The maximum Gasteiger partial charge on any atom is 0.308 e. The van der Waals surface area contributed by atoms with Crippen LogP contribution in [-0.2, 0) is 23.9 Å². The van der Waals surface area contributed by atoms with Crippen LogP contribution in [0.2, 0.25) is 0 Å². The molecule has 0 fully saturated rings. The van der Waals surface area contributed by atoms with Crippen molar-refractivity contribution in [2.45, 2.75) is 46.8 Å². The fraction of sp³-hybridized carbons (Fsp3) is 0.292. The molecular weight excluding hydrogens is 448 g/mol. The second-order valence-electron chi connectivity index (χ2n) is 7.56. The first-order valence-corrected chi connectivity index (χ1v) is 10.2. The number of esters is 4. The van der Waals surface area contributed by atoms with Crippen molar-refractivity contribution in [3.8, 4) is 23.0 Å². The van der Waals surface area contributed by atoms with Crippen molar-refractivity contribution in [3.63, 3.8) is 0 Å². The molecule has 1 aliphatic heterocycles. The van der Waals surface area contributed by atoms with Crippen LogP contribution in [0, 0.1) is 6.92 Å². The number of carbonyl (C=O) groups excluding carboxylic acids is 5. The fourth-order valence-electron chi connectivity index (χ4n) is 3.48. The molecular formula is C24H22O10. The van der Waals surface area contributed by atoms with Gasteiger partial charge in [0.25, 0.3) is 0 Å². The molecule has 178 valence electrons. The van der Waals surface area contributed by atoms with Gasteiger partial charge >= 0.3 is 23.9 Å². The first-order chi connectivity index (χ1) is 16.0. The molecule has 0 saturated heterocycles. The number of rotatable bonds is 5. The van der Waals surface area contributed by atoms with Crippen molar-refractivity contribution < 1.29 is 47.7 Å². The maximum absolute atomic E-state index is 13.4. The van der Waals surface area contributed by atoms with Gasteiger partial charge in [0, 0.05) is 33.3 Å². The molecule has 0 aliphatic carbocycles. The minimum Gasteiger partial charge on any atom is -0.480 e. The summed E-state index contributed by atoms with van der Waals surface area (Å²) in [5.41, 5.74) is 0.909. The van der Waals surface area contributed by atoms with Crippen LogP contribution in [0.1, 0.15) is 55.3 Å². The Morgan fingerprint density at radius 3 is 1.94 bits per heavy atom. The van der Waals surface area contributed by atoms with Gasteiger partial charge in [0.15, 0.2) is 17.6 Å². The predicted molar refractivity (Wildman–Crippen MR) is 115 cm³/mol. The molecule has 10 heteroatoms. The molecule has 0 bridgehead atoms. The van der Waals surface area contributed by atoms with Crippen molar-refractivity contribution in [1.29, 1.82) is 0 Å². The van der Waals surface area contributed by atoms with E-state index < -0.39 is 41.9 Å². The van der Waals surface area contributed by atoms with Crippen molar-refractivity contribution in [2.75, 3.05) is 0 Å². The third kappa shape index (κ3) is 5.40. The smallest absolute Gasteiger partial charge is 0.308 e. The average Bonchev–Trinajstić information content (AvgIpc) is 2.69. The van der Waals surface area contributed by atoms with E-state index in [1.807, 2.05) is 0 Å². The van der Waals surface area contributed by atoms with Gasteiger partial charge in [-0.25, -0.2) is 0 Å². The van der Waals surface area contributed by atoms with Crippen molar-refractivity contribution >= 4 is 29.7 Å². The molecule has 1 aliphatic rings. The van der Waals surface area contributed by atoms with Gasteiger partial charge in [0.05, 0.1) is 0 Å². The standard InChI is InChI=1S/C24H22O10/c1-11-8-19(32-14(4)27)21-20(9-11)34-23(24(22(21)29)33-15(5)28)16-6-7-17(30-12(2)25)18(10-16)31-13(3)26/h6-10,23-24H,1-5H3. The Morgan fingerprint density at radius 2 is 1.35 bits per heavy atom. The van der Waals surface area contributed by atoms with Gasteiger partial charge in [-0.05, 0) is 36.8 Å². The molecule has 0 aromatic heterocycles. The second kappa shape index (κ2) is 9.74. The molecule has 2 aromatic carbocycles. The molecule has 0 amide bonds. The highest BCUT2D eigenvalue weighted by Crippen LogP contribution is 2.43. The Kier molecular flexibility index (Phi) is 7.00. The van der Waals surface area contributed by atoms with Gasteiger partial charge in [0.1, 0.15) is 17.1 Å². The van der Waals surface area contributed by atoms with Crippen LogP contribution in [0.4, 0.5) is 0 Å². The van der Waals surface area contributed by atoms with Crippen molar-refractivity contribution in [3.05, 3.63) is 47.0 Å². The summed E-state index contributed by atoms with van der Waals surface area (Å²) < 4.78 is 26.7. The zero-order chi connectivity index (χ0) is 25.2. The number of fused-ring (bicyclic) bond motifs is 1. The molecule has 34 heavy (non-hydrogen) atoms. The van der Waals surface area contributed by atoms with E-state index >= 15 is 0 Å². The summed E-state index contributed by atoms with van der Waals surface area (Å²) in [5.74, 6) is -3.34. The summed E-state index contributed by atoms with van der Waals surface area (Å²) in [6.45, 7) is 6.40. The van der Waals surface area contributed by atoms with Gasteiger partial charge < -0.3 is 23.7 Å². The van der Waals surface area contributed by atoms with Gasteiger partial charge in [-0.3, -0.25) is 24.0 Å². The molecule has 3 rings (SSSR count). The second-order valence-corrected chi connectivity index (χ2v) is 7.56. The minimum absolute atomic E-state index is 0.0195. The van der Waals surface area contributed by atoms with E-state index in [1.165, 1.54) is 45.0 Å². The lowest BCUT2D eigenvalue weighted by Gasteiger charge is -2.33. The van der Waals surface area contributed by atoms with Gasteiger partial charge in [-0.15, -0.1) is 0 Å². The van der Waals surface area contributed by atoms with Crippen molar-refractivity contribution in [1.82, 2.24) is 0 Å². The van der Waals surface area contributed by atoms with Gasteiger partial charge in [-0.2, -0.15) is 0 Å². The topological polar surface area (TPSA) is 132 Å². The minimum atomic E-state index is -1.44. The van der Waals surface area contributed by atoms with E-state index in [4.69, 9.17) is 23.7 Å². The molecule has 10 nitrogen and oxygen atoms in total. The third-order valence-corrected chi connectivity index (χ3v) is 4.59. The molecule has 2 atom stereocenters. The quantitative estimate of drug-likeness (QED) is 0.474. The largest absolute Gasteiger partial charge is 0.480 e. The summed E-state index contributed by atoms with van der Waals surface area (Å²) in [4.78, 5) is 59.8. The number of ketones is 1. The van der Waals surface area contributed by atoms with E-state index in [0.717, 1.165) is 6.92 Å².